The van der Waals surface area contributed by atoms with E-state index in [1.54, 1.807) is 18.2 Å². The minimum Gasteiger partial charge on any atom is -0.371 e. The van der Waals surface area contributed by atoms with Crippen molar-refractivity contribution in [3.63, 3.8) is 0 Å². The van der Waals surface area contributed by atoms with E-state index in [1.807, 2.05) is 0 Å². The van der Waals surface area contributed by atoms with Crippen molar-refractivity contribution >= 4 is 79.4 Å². The third-order valence-corrected chi connectivity index (χ3v) is 13.0. The number of nitrogens with one attached hydrogen (secondary N) is 3. The van der Waals surface area contributed by atoms with Crippen LogP contribution in [0.4, 0.5) is 24.5 Å². The number of imide groups is 2. The number of aromatic nitrogens is 2. The fourth-order valence-corrected chi connectivity index (χ4v) is 9.58. The molecule has 57 heavy (non-hydrogen) atoms. The van der Waals surface area contributed by atoms with Crippen molar-refractivity contribution in [3.8, 4) is 11.4 Å². The Morgan fingerprint density at radius 1 is 0.842 bits per heavy atom. The number of carbonyl (C=O) groups is 4. The van der Waals surface area contributed by atoms with Crippen molar-refractivity contribution in [3.05, 3.63) is 75.3 Å². The second kappa shape index (κ2) is 14.9. The van der Waals surface area contributed by atoms with Crippen molar-refractivity contribution in [2.24, 2.45) is 5.92 Å². The molecule has 8 rings (SSSR count). The number of halogens is 5. The summed E-state index contributed by atoms with van der Waals surface area (Å²) in [7, 11) is -4.06. The Hall–Kier alpha value is -4.75. The number of aromatic amines is 1. The zero-order chi connectivity index (χ0) is 40.4. The summed E-state index contributed by atoms with van der Waals surface area (Å²) >= 11 is 12.4. The van der Waals surface area contributed by atoms with E-state index in [1.165, 1.54) is 22.5 Å². The number of piperidine rings is 2. The fourth-order valence-electron chi connectivity index (χ4n) is 7.92. The lowest BCUT2D eigenvalue weighted by Gasteiger charge is -2.39. The maximum atomic E-state index is 13.6. The first kappa shape index (κ1) is 39.1. The molecule has 4 aromatic rings. The van der Waals surface area contributed by atoms with Gasteiger partial charge in [0.25, 0.3) is 11.8 Å². The quantitative estimate of drug-likeness (QED) is 0.203. The molecular weight excluding hydrogens is 812 g/mol. The summed E-state index contributed by atoms with van der Waals surface area (Å²) in [6, 6.07) is 10.2. The first-order valence-electron chi connectivity index (χ1n) is 18.2. The second-order valence-electron chi connectivity index (χ2n) is 14.5. The van der Waals surface area contributed by atoms with E-state index in [4.69, 9.17) is 23.2 Å². The van der Waals surface area contributed by atoms with Crippen molar-refractivity contribution in [2.45, 2.75) is 37.9 Å². The molecule has 3 saturated heterocycles. The van der Waals surface area contributed by atoms with Crippen LogP contribution in [0.15, 0.2) is 48.5 Å². The molecular formula is C37H35Cl2F3N8O6S. The Balaban J connectivity index is 0.861. The monoisotopic (exact) mass is 846 g/mol. The van der Waals surface area contributed by atoms with Crippen molar-refractivity contribution in [1.82, 2.24) is 29.4 Å². The first-order valence-corrected chi connectivity index (χ1v) is 20.4. The first-order chi connectivity index (χ1) is 27.1. The summed E-state index contributed by atoms with van der Waals surface area (Å²) in [5.74, 6) is -1.75. The number of rotatable bonds is 8. The molecule has 0 bridgehead atoms. The fraction of sp³-hybridized carbons (Fsp3) is 0.378. The predicted octanol–water partition coefficient (Wildman–Crippen LogP) is 5.15. The van der Waals surface area contributed by atoms with E-state index < -0.39 is 51.6 Å². The van der Waals surface area contributed by atoms with Crippen molar-refractivity contribution in [1.29, 1.82) is 0 Å². The molecule has 0 radical (unpaired) electrons. The molecule has 1 atom stereocenters. The average molecular weight is 848 g/mol. The van der Waals surface area contributed by atoms with Crippen molar-refractivity contribution < 1.29 is 40.8 Å². The van der Waals surface area contributed by atoms with Crippen molar-refractivity contribution in [2.75, 3.05) is 55.4 Å². The normalized spacial score (nSPS) is 20.4. The minimum absolute atomic E-state index is 0.0258. The number of H-pyrrole nitrogens is 1. The number of benzene rings is 3. The highest BCUT2D eigenvalue weighted by Gasteiger charge is 2.45. The number of imidazole rings is 1. The lowest BCUT2D eigenvalue weighted by Crippen LogP contribution is -2.54. The van der Waals surface area contributed by atoms with Gasteiger partial charge in [0.05, 0.1) is 32.9 Å². The zero-order valence-corrected chi connectivity index (χ0v) is 32.4. The largest absolute Gasteiger partial charge is 0.416 e. The summed E-state index contributed by atoms with van der Waals surface area (Å²) in [6.45, 7) is 3.67. The van der Waals surface area contributed by atoms with Gasteiger partial charge in [0.1, 0.15) is 17.4 Å². The van der Waals surface area contributed by atoms with Gasteiger partial charge in [-0.05, 0) is 73.7 Å². The van der Waals surface area contributed by atoms with E-state index in [2.05, 4.69) is 29.8 Å². The van der Waals surface area contributed by atoms with E-state index >= 15 is 0 Å². The molecule has 3 N–H and O–H groups in total. The molecule has 1 aromatic heterocycles. The van der Waals surface area contributed by atoms with Gasteiger partial charge < -0.3 is 14.8 Å². The number of hydrogen-bond donors (Lipinski definition) is 3. The number of hydrogen-bond acceptors (Lipinski definition) is 9. The van der Waals surface area contributed by atoms with Crippen LogP contribution in [0.25, 0.3) is 22.4 Å². The molecule has 3 fully saturated rings. The molecule has 300 valence electrons. The summed E-state index contributed by atoms with van der Waals surface area (Å²) in [5.41, 5.74) is 0.788. The number of carbonyl (C=O) groups excluding carboxylic acids is 4. The minimum atomic E-state index is -4.63. The maximum absolute atomic E-state index is 13.6. The van der Waals surface area contributed by atoms with Crippen LogP contribution in [0.2, 0.25) is 10.0 Å². The molecule has 1 unspecified atom stereocenters. The lowest BCUT2D eigenvalue weighted by atomic mass is 9.95. The van der Waals surface area contributed by atoms with Gasteiger partial charge in [0.2, 0.25) is 11.8 Å². The molecule has 5 heterocycles. The smallest absolute Gasteiger partial charge is 0.371 e. The Bertz CT molecular complexity index is 2430. The predicted molar refractivity (Wildman–Crippen MR) is 205 cm³/mol. The van der Waals surface area contributed by atoms with Gasteiger partial charge in [0.15, 0.2) is 0 Å². The highest BCUT2D eigenvalue weighted by molar-refractivity contribution is 7.90. The van der Waals surface area contributed by atoms with Gasteiger partial charge >= 0.3 is 16.4 Å². The maximum Gasteiger partial charge on any atom is 0.416 e. The highest BCUT2D eigenvalue weighted by Crippen LogP contribution is 2.38. The SMILES string of the molecule is O=C1CCC(N2C(=O)c3ccc(N4CCC(CN5CCN(S(=O)(=O)Nc6ccc(Cl)cc6-c6nc7c(Cl)cc(C(F)(F)F)cc7[nH]6)CC5)CC4)cc3C2=O)C(=O)N1. The van der Waals surface area contributed by atoms with E-state index in [9.17, 15) is 40.8 Å². The number of anilines is 2. The van der Waals surface area contributed by atoms with Gasteiger partial charge in [-0.1, -0.05) is 23.2 Å². The topological polar surface area (TPSA) is 168 Å². The Labute approximate surface area is 334 Å². The average Bonchev–Trinajstić information content (AvgIpc) is 3.71. The molecule has 0 spiro atoms. The number of piperazine rings is 1. The standard InChI is InChI=1S/C37H35Cl2F3N8O6S/c38-22-1-4-28(26(17-22)33-43-29-16-21(37(40,41)42)15-27(39)32(29)45-33)46-57(55,56)49-13-11-47(12-14-49)19-20-7-9-48(10-8-20)23-2-3-24-25(18-23)36(54)50(35(24)53)30-5-6-31(51)44-34(30)52/h1-4,15-18,20,30,46H,5-14,19H2,(H,43,45)(H,44,51,52). The van der Waals surface area contributed by atoms with Crippen LogP contribution >= 0.6 is 23.2 Å². The van der Waals surface area contributed by atoms with E-state index in [-0.39, 0.29) is 75.2 Å². The summed E-state index contributed by atoms with van der Waals surface area (Å²) in [4.78, 5) is 63.0. The van der Waals surface area contributed by atoms with Gasteiger partial charge in [0, 0.05) is 68.5 Å². The summed E-state index contributed by atoms with van der Waals surface area (Å²) in [6.07, 6.45) is -2.78. The Morgan fingerprint density at radius 3 is 2.26 bits per heavy atom. The molecule has 20 heteroatoms. The van der Waals surface area contributed by atoms with Crippen LogP contribution in [0.1, 0.15) is 52.0 Å². The zero-order valence-electron chi connectivity index (χ0n) is 30.0. The Kier molecular flexibility index (Phi) is 10.2. The van der Waals surface area contributed by atoms with Crippen LogP contribution < -0.4 is 14.9 Å². The number of fused-ring (bicyclic) bond motifs is 2. The number of nitrogens with zero attached hydrogens (tertiary/aromatic N) is 5. The van der Waals surface area contributed by atoms with Gasteiger partial charge in [-0.15, -0.1) is 0 Å². The summed E-state index contributed by atoms with van der Waals surface area (Å²) in [5, 5.41) is 2.25. The van der Waals surface area contributed by atoms with Crippen LogP contribution in [0.5, 0.6) is 0 Å². The third kappa shape index (κ3) is 7.68. The molecule has 0 aliphatic carbocycles. The van der Waals surface area contributed by atoms with Gasteiger partial charge in [-0.3, -0.25) is 34.1 Å². The van der Waals surface area contributed by atoms with Gasteiger partial charge in [-0.25, -0.2) is 4.98 Å². The van der Waals surface area contributed by atoms with Crippen LogP contribution in [-0.4, -0.2) is 108 Å². The lowest BCUT2D eigenvalue weighted by molar-refractivity contribution is -0.138. The molecule has 4 aliphatic heterocycles. The molecule has 14 nitrogen and oxygen atoms in total. The molecule has 4 amide bonds. The van der Waals surface area contributed by atoms with Crippen LogP contribution in [0.3, 0.4) is 0 Å². The molecule has 3 aromatic carbocycles. The van der Waals surface area contributed by atoms with Gasteiger partial charge in [-0.2, -0.15) is 25.9 Å². The van der Waals surface area contributed by atoms with E-state index in [0.717, 1.165) is 42.1 Å². The highest BCUT2D eigenvalue weighted by atomic mass is 35.5. The summed E-state index contributed by atoms with van der Waals surface area (Å²) < 4.78 is 71.4. The second-order valence-corrected chi connectivity index (χ2v) is 17.1. The molecule has 0 saturated carbocycles. The van der Waals surface area contributed by atoms with Crippen LogP contribution in [-0.2, 0) is 26.0 Å². The number of amides is 4. The van der Waals surface area contributed by atoms with E-state index in [0.29, 0.717) is 32.1 Å². The number of alkyl halides is 3. The Morgan fingerprint density at radius 2 is 1.56 bits per heavy atom. The molecule has 4 aliphatic rings. The van der Waals surface area contributed by atoms with Crippen LogP contribution in [0, 0.1) is 5.92 Å². The third-order valence-electron chi connectivity index (χ3n) is 10.9.